The van der Waals surface area contributed by atoms with Crippen LogP contribution in [0.3, 0.4) is 0 Å². The summed E-state index contributed by atoms with van der Waals surface area (Å²) in [6, 6.07) is 4.67. The van der Waals surface area contributed by atoms with Crippen LogP contribution < -0.4 is 0 Å². The molecule has 2 rings (SSSR count). The predicted octanol–water partition coefficient (Wildman–Crippen LogP) is 8.52. The maximum atomic E-state index is 5.71. The molecule has 0 aliphatic rings. The van der Waals surface area contributed by atoms with Crippen LogP contribution in [0.25, 0.3) is 0 Å². The largest absolute Gasteiger partial charge is 0.142 e. The summed E-state index contributed by atoms with van der Waals surface area (Å²) in [6.07, 6.45) is 0. The Labute approximate surface area is 168 Å². The lowest BCUT2D eigenvalue weighted by atomic mass is 10.3. The van der Waals surface area contributed by atoms with Gasteiger partial charge in [0.25, 0.3) is 0 Å². The van der Waals surface area contributed by atoms with Crippen molar-refractivity contribution in [3.05, 3.63) is 53.4 Å². The zero-order chi connectivity index (χ0) is 16.3. The number of halogens is 7. The molecule has 2 aromatic rings. The molecular formula is C12H5Cl7S2. The zero-order valence-corrected chi connectivity index (χ0v) is 16.9. The average molecular weight is 461 g/mol. The Kier molecular flexibility index (Phi) is 8.53. The number of benzene rings is 2. The van der Waals surface area contributed by atoms with Gasteiger partial charge in [0, 0.05) is 9.79 Å². The van der Waals surface area contributed by atoms with Crippen LogP contribution in [-0.4, -0.2) is 0 Å². The fourth-order valence-electron chi connectivity index (χ4n) is 1.07. The van der Waals surface area contributed by atoms with Crippen molar-refractivity contribution in [1.29, 1.82) is 0 Å². The molecule has 0 spiro atoms. The van der Waals surface area contributed by atoms with E-state index in [1.165, 1.54) is 6.07 Å². The molecule has 0 radical (unpaired) electrons. The lowest BCUT2D eigenvalue weighted by Crippen LogP contribution is -1.76. The van der Waals surface area contributed by atoms with Crippen molar-refractivity contribution < 1.29 is 0 Å². The number of hydrogen-bond donors (Lipinski definition) is 2. The van der Waals surface area contributed by atoms with E-state index in [1.807, 2.05) is 0 Å². The molecule has 0 unspecified atom stereocenters. The third-order valence-corrected chi connectivity index (χ3v) is 5.90. The fourth-order valence-corrected chi connectivity index (χ4v) is 3.04. The molecule has 9 heteroatoms. The van der Waals surface area contributed by atoms with E-state index in [-0.39, 0.29) is 10.0 Å². The lowest BCUT2D eigenvalue weighted by Gasteiger charge is -2.03. The van der Waals surface area contributed by atoms with E-state index >= 15 is 0 Å². The van der Waals surface area contributed by atoms with Crippen molar-refractivity contribution >= 4 is 106 Å². The molecule has 0 bridgehead atoms. The van der Waals surface area contributed by atoms with Crippen LogP contribution in [0, 0.1) is 0 Å². The highest BCUT2D eigenvalue weighted by Gasteiger charge is 2.10. The molecule has 0 heterocycles. The first-order valence-corrected chi connectivity index (χ1v) is 8.54. The number of rotatable bonds is 0. The van der Waals surface area contributed by atoms with Gasteiger partial charge in [0.2, 0.25) is 0 Å². The van der Waals surface area contributed by atoms with Crippen molar-refractivity contribution in [2.45, 2.75) is 9.79 Å². The van der Waals surface area contributed by atoms with Crippen LogP contribution in [0.4, 0.5) is 0 Å². The molecular weight excluding hydrogens is 456 g/mol. The smallest absolute Gasteiger partial charge is 0.0790 e. The van der Waals surface area contributed by atoms with Gasteiger partial charge in [-0.1, -0.05) is 81.2 Å². The molecule has 0 fully saturated rings. The fraction of sp³-hybridized carbons (Fsp3) is 0. The zero-order valence-electron chi connectivity index (χ0n) is 9.77. The summed E-state index contributed by atoms with van der Waals surface area (Å²) < 4.78 is 0. The van der Waals surface area contributed by atoms with E-state index in [0.717, 1.165) is 0 Å². The lowest BCUT2D eigenvalue weighted by molar-refractivity contribution is 1.47. The summed E-state index contributed by atoms with van der Waals surface area (Å²) in [4.78, 5) is 1.08. The van der Waals surface area contributed by atoms with Crippen LogP contribution in [-0.2, 0) is 0 Å². The molecule has 0 atom stereocenters. The monoisotopic (exact) mass is 458 g/mol. The van der Waals surface area contributed by atoms with Crippen LogP contribution in [0.2, 0.25) is 35.2 Å². The second kappa shape index (κ2) is 8.86. The first kappa shape index (κ1) is 20.2. The van der Waals surface area contributed by atoms with Gasteiger partial charge in [-0.25, -0.2) is 0 Å². The molecule has 0 aromatic heterocycles. The van der Waals surface area contributed by atoms with Gasteiger partial charge in [-0.15, -0.1) is 25.3 Å². The van der Waals surface area contributed by atoms with E-state index in [1.54, 1.807) is 12.1 Å². The van der Waals surface area contributed by atoms with Gasteiger partial charge in [-0.2, -0.15) is 0 Å². The normalized spacial score (nSPS) is 10.1. The number of hydrogen-bond acceptors (Lipinski definition) is 2. The SMILES string of the molecule is Sc1c(Cl)cc(Cl)c(Cl)c1Cl.Sc1cc(Cl)c(Cl)cc1Cl. The van der Waals surface area contributed by atoms with Crippen molar-refractivity contribution in [1.82, 2.24) is 0 Å². The van der Waals surface area contributed by atoms with Gasteiger partial charge in [-0.3, -0.25) is 0 Å². The topological polar surface area (TPSA) is 0 Å². The average Bonchev–Trinajstić information content (AvgIpc) is 2.42. The highest BCUT2D eigenvalue weighted by atomic mass is 35.5. The molecule has 114 valence electrons. The van der Waals surface area contributed by atoms with E-state index in [0.29, 0.717) is 34.9 Å². The third-order valence-electron chi connectivity index (χ3n) is 2.08. The van der Waals surface area contributed by atoms with Crippen molar-refractivity contribution in [2.24, 2.45) is 0 Å². The minimum Gasteiger partial charge on any atom is -0.142 e. The summed E-state index contributed by atoms with van der Waals surface area (Å²) >= 11 is 47.7. The van der Waals surface area contributed by atoms with E-state index in [9.17, 15) is 0 Å². The maximum Gasteiger partial charge on any atom is 0.0790 e. The minimum atomic E-state index is 0.280. The molecule has 0 N–H and O–H groups in total. The highest BCUT2D eigenvalue weighted by molar-refractivity contribution is 7.80. The number of thiol groups is 2. The van der Waals surface area contributed by atoms with Gasteiger partial charge in [0.05, 0.1) is 35.2 Å². The van der Waals surface area contributed by atoms with E-state index in [4.69, 9.17) is 81.2 Å². The Balaban J connectivity index is 0.000000211. The Hall–Kier alpha value is 1.17. The second-order valence-corrected chi connectivity index (χ2v) is 7.26. The first-order valence-electron chi connectivity index (χ1n) is 5.00. The maximum absolute atomic E-state index is 5.71. The van der Waals surface area contributed by atoms with Crippen molar-refractivity contribution in [3.8, 4) is 0 Å². The van der Waals surface area contributed by atoms with Crippen LogP contribution >= 0.6 is 106 Å². The minimum absolute atomic E-state index is 0.280. The summed E-state index contributed by atoms with van der Waals surface area (Å²) in [7, 11) is 0. The summed E-state index contributed by atoms with van der Waals surface area (Å²) in [6.45, 7) is 0. The quantitative estimate of drug-likeness (QED) is 0.219. The molecule has 0 amide bonds. The van der Waals surface area contributed by atoms with Gasteiger partial charge >= 0.3 is 0 Å². The van der Waals surface area contributed by atoms with Gasteiger partial charge in [0.15, 0.2) is 0 Å². The Morgan fingerprint density at radius 2 is 1.00 bits per heavy atom. The molecule has 0 saturated carbocycles. The first-order chi connectivity index (χ1) is 9.65. The van der Waals surface area contributed by atoms with Crippen LogP contribution in [0.1, 0.15) is 0 Å². The summed E-state index contributed by atoms with van der Waals surface area (Å²) in [5, 5.41) is 2.72. The summed E-state index contributed by atoms with van der Waals surface area (Å²) in [5.74, 6) is 0. The highest BCUT2D eigenvalue weighted by Crippen LogP contribution is 2.39. The van der Waals surface area contributed by atoms with Gasteiger partial charge in [-0.05, 0) is 18.2 Å². The Morgan fingerprint density at radius 3 is 1.52 bits per heavy atom. The van der Waals surface area contributed by atoms with Crippen molar-refractivity contribution in [2.75, 3.05) is 0 Å². The van der Waals surface area contributed by atoms with Crippen LogP contribution in [0.5, 0.6) is 0 Å². The molecule has 0 nitrogen and oxygen atoms in total. The molecule has 2 aromatic carbocycles. The third kappa shape index (κ3) is 5.63. The molecule has 0 aliphatic carbocycles. The van der Waals surface area contributed by atoms with E-state index < -0.39 is 0 Å². The van der Waals surface area contributed by atoms with Crippen molar-refractivity contribution in [3.63, 3.8) is 0 Å². The Bertz CT molecular complexity index is 597. The second-order valence-electron chi connectivity index (χ2n) is 3.53. The van der Waals surface area contributed by atoms with Gasteiger partial charge < -0.3 is 0 Å². The molecule has 21 heavy (non-hydrogen) atoms. The van der Waals surface area contributed by atoms with E-state index in [2.05, 4.69) is 25.3 Å². The molecule has 0 aliphatic heterocycles. The van der Waals surface area contributed by atoms with Crippen LogP contribution in [0.15, 0.2) is 28.0 Å². The van der Waals surface area contributed by atoms with Gasteiger partial charge in [0.1, 0.15) is 0 Å². The predicted molar refractivity (Wildman–Crippen MR) is 102 cm³/mol. The summed E-state index contributed by atoms with van der Waals surface area (Å²) in [5.41, 5.74) is 0. The standard InChI is InChI=1S/C6H2Cl4S.C6H3Cl3S/c7-2-1-3(8)6(11)5(10)4(2)9;7-3-1-5(9)6(10)2-4(3)8/h1,11H;1-2,10H. The Morgan fingerprint density at radius 1 is 0.524 bits per heavy atom. The molecule has 0 saturated heterocycles.